The number of benzene rings is 1. The van der Waals surface area contributed by atoms with E-state index in [4.69, 9.17) is 4.74 Å². The standard InChI is InChI=1S/C9H19NO2.C7H6N2O2S.C2H6/c1-8(2)9(11)7-12-6-5-10(3)4;1-12(10)6-4-2-3-5-7(6)9-11-8-5;1-2/h8H,5-7H2,1-4H3;2-4H,1H3;1-2H3. The normalized spacial score (nSPS) is 11.6. The third-order valence-electron chi connectivity index (χ3n) is 3.13. The molecule has 0 aliphatic heterocycles. The number of Topliss-reactive ketones (excluding diaryl/α,β-unsaturated/α-hetero) is 1. The topological polar surface area (TPSA) is 85.5 Å². The SMILES string of the molecule is CC.CC(C)C(=O)COCCN(C)C.CS(=O)c1cccc2nonc12. The van der Waals surface area contributed by atoms with Crippen LogP contribution in [0.4, 0.5) is 0 Å². The van der Waals surface area contributed by atoms with Crippen molar-refractivity contribution in [2.45, 2.75) is 32.6 Å². The zero-order valence-electron chi connectivity index (χ0n) is 16.8. The predicted molar refractivity (Wildman–Crippen MR) is 105 cm³/mol. The minimum absolute atomic E-state index is 0.0874. The van der Waals surface area contributed by atoms with Gasteiger partial charge >= 0.3 is 0 Å². The van der Waals surface area contributed by atoms with Gasteiger partial charge in [0.25, 0.3) is 0 Å². The average molecular weight is 386 g/mol. The van der Waals surface area contributed by atoms with Crippen LogP contribution < -0.4 is 0 Å². The van der Waals surface area contributed by atoms with Crippen LogP contribution in [-0.4, -0.2) is 65.3 Å². The molecule has 0 fully saturated rings. The van der Waals surface area contributed by atoms with E-state index >= 15 is 0 Å². The summed E-state index contributed by atoms with van der Waals surface area (Å²) in [4.78, 5) is 13.7. The zero-order valence-corrected chi connectivity index (χ0v) is 17.6. The number of carbonyl (C=O) groups is 1. The summed E-state index contributed by atoms with van der Waals surface area (Å²) < 4.78 is 20.9. The van der Waals surface area contributed by atoms with Crippen molar-refractivity contribution in [1.82, 2.24) is 15.2 Å². The summed E-state index contributed by atoms with van der Waals surface area (Å²) in [5.41, 5.74) is 1.22. The largest absolute Gasteiger partial charge is 0.372 e. The lowest BCUT2D eigenvalue weighted by Gasteiger charge is -2.09. The van der Waals surface area contributed by atoms with Crippen LogP contribution in [0.25, 0.3) is 11.0 Å². The first-order valence-electron chi connectivity index (χ1n) is 8.62. The molecule has 1 atom stereocenters. The molecule has 0 saturated heterocycles. The minimum Gasteiger partial charge on any atom is -0.372 e. The molecule has 7 nitrogen and oxygen atoms in total. The van der Waals surface area contributed by atoms with Gasteiger partial charge < -0.3 is 9.64 Å². The number of likely N-dealkylation sites (N-methyl/N-ethyl adjacent to an activating group) is 1. The lowest BCUT2D eigenvalue weighted by molar-refractivity contribution is -0.126. The van der Waals surface area contributed by atoms with Gasteiger partial charge in [0.2, 0.25) is 0 Å². The van der Waals surface area contributed by atoms with Gasteiger partial charge in [0.15, 0.2) is 11.3 Å². The molecule has 0 aliphatic rings. The summed E-state index contributed by atoms with van der Waals surface area (Å²) in [7, 11) is 2.92. The summed E-state index contributed by atoms with van der Waals surface area (Å²) in [6.45, 7) is 9.53. The van der Waals surface area contributed by atoms with Crippen LogP contribution in [-0.2, 0) is 20.3 Å². The predicted octanol–water partition coefficient (Wildman–Crippen LogP) is 2.78. The van der Waals surface area contributed by atoms with E-state index in [1.165, 1.54) is 0 Å². The second kappa shape index (κ2) is 13.5. The summed E-state index contributed by atoms with van der Waals surface area (Å²) in [6.07, 6.45) is 1.60. The molecule has 0 saturated carbocycles. The van der Waals surface area contributed by atoms with E-state index in [2.05, 4.69) is 14.9 Å². The van der Waals surface area contributed by atoms with E-state index in [1.807, 2.05) is 46.7 Å². The lowest BCUT2D eigenvalue weighted by atomic mass is 10.1. The van der Waals surface area contributed by atoms with E-state index < -0.39 is 10.8 Å². The Balaban J connectivity index is 0.000000439. The molecule has 1 heterocycles. The molecule has 1 unspecified atom stereocenters. The van der Waals surface area contributed by atoms with Crippen molar-refractivity contribution in [3.63, 3.8) is 0 Å². The number of ketones is 1. The number of hydrogen-bond donors (Lipinski definition) is 0. The fourth-order valence-corrected chi connectivity index (χ4v) is 2.28. The highest BCUT2D eigenvalue weighted by atomic mass is 32.2. The smallest absolute Gasteiger partial charge is 0.160 e. The van der Waals surface area contributed by atoms with E-state index in [1.54, 1.807) is 24.5 Å². The summed E-state index contributed by atoms with van der Waals surface area (Å²) in [5, 5.41) is 7.30. The van der Waals surface area contributed by atoms with Gasteiger partial charge in [-0.3, -0.25) is 9.00 Å². The van der Waals surface area contributed by atoms with Gasteiger partial charge in [0.1, 0.15) is 12.1 Å². The molecule has 2 aromatic rings. The van der Waals surface area contributed by atoms with Gasteiger partial charge in [-0.25, -0.2) is 4.63 Å². The van der Waals surface area contributed by atoms with Gasteiger partial charge in [-0.15, -0.1) is 0 Å². The number of fused-ring (bicyclic) bond motifs is 1. The van der Waals surface area contributed by atoms with Crippen molar-refractivity contribution in [2.75, 3.05) is 40.1 Å². The Morgan fingerprint density at radius 1 is 1.27 bits per heavy atom. The lowest BCUT2D eigenvalue weighted by Crippen LogP contribution is -2.21. The molecule has 8 heteroatoms. The van der Waals surface area contributed by atoms with Crippen LogP contribution in [0, 0.1) is 5.92 Å². The highest BCUT2D eigenvalue weighted by Gasteiger charge is 2.08. The fraction of sp³-hybridized carbons (Fsp3) is 0.611. The van der Waals surface area contributed by atoms with Crippen LogP contribution in [0.15, 0.2) is 27.7 Å². The molecule has 2 rings (SSSR count). The van der Waals surface area contributed by atoms with Gasteiger partial charge in [0.05, 0.1) is 22.3 Å². The van der Waals surface area contributed by atoms with Crippen molar-refractivity contribution >= 4 is 27.6 Å². The highest BCUT2D eigenvalue weighted by molar-refractivity contribution is 7.84. The van der Waals surface area contributed by atoms with Crippen LogP contribution in [0.2, 0.25) is 0 Å². The maximum absolute atomic E-state index is 11.2. The van der Waals surface area contributed by atoms with Crippen molar-refractivity contribution in [2.24, 2.45) is 5.92 Å². The van der Waals surface area contributed by atoms with Gasteiger partial charge in [-0.2, -0.15) is 0 Å². The molecule has 1 aromatic carbocycles. The van der Waals surface area contributed by atoms with Gasteiger partial charge in [-0.1, -0.05) is 33.8 Å². The number of rotatable bonds is 7. The first-order chi connectivity index (χ1) is 12.3. The third-order valence-corrected chi connectivity index (χ3v) is 4.08. The second-order valence-electron chi connectivity index (χ2n) is 5.82. The molecule has 0 bridgehead atoms. The van der Waals surface area contributed by atoms with Crippen LogP contribution in [0.3, 0.4) is 0 Å². The molecule has 0 spiro atoms. The van der Waals surface area contributed by atoms with E-state index in [-0.39, 0.29) is 18.3 Å². The monoisotopic (exact) mass is 385 g/mol. The Morgan fingerprint density at radius 2 is 1.92 bits per heavy atom. The Bertz CT molecular complexity index is 671. The fourth-order valence-electron chi connectivity index (χ4n) is 1.60. The summed E-state index contributed by atoms with van der Waals surface area (Å²) in [6, 6.07) is 5.30. The van der Waals surface area contributed by atoms with Crippen molar-refractivity contribution in [3.8, 4) is 0 Å². The molecular weight excluding hydrogens is 354 g/mol. The van der Waals surface area contributed by atoms with Crippen molar-refractivity contribution in [3.05, 3.63) is 18.2 Å². The molecule has 0 N–H and O–H groups in total. The van der Waals surface area contributed by atoms with E-state index in [0.717, 1.165) is 6.54 Å². The van der Waals surface area contributed by atoms with Crippen LogP contribution >= 0.6 is 0 Å². The first kappa shape index (κ1) is 24.4. The van der Waals surface area contributed by atoms with Gasteiger partial charge in [0, 0.05) is 18.7 Å². The maximum atomic E-state index is 11.2. The highest BCUT2D eigenvalue weighted by Crippen LogP contribution is 2.16. The third kappa shape index (κ3) is 9.17. The molecule has 1 aromatic heterocycles. The Labute approximate surface area is 158 Å². The maximum Gasteiger partial charge on any atom is 0.160 e. The van der Waals surface area contributed by atoms with Crippen molar-refractivity contribution < 1.29 is 18.4 Å². The number of aromatic nitrogens is 2. The first-order valence-corrected chi connectivity index (χ1v) is 10.2. The summed E-state index contributed by atoms with van der Waals surface area (Å²) in [5.74, 6) is 0.262. The molecule has 0 amide bonds. The molecule has 0 aliphatic carbocycles. The summed E-state index contributed by atoms with van der Waals surface area (Å²) >= 11 is 0. The minimum atomic E-state index is -1.04. The number of hydrogen-bond acceptors (Lipinski definition) is 7. The van der Waals surface area contributed by atoms with Crippen LogP contribution in [0.1, 0.15) is 27.7 Å². The molecule has 0 radical (unpaired) electrons. The Morgan fingerprint density at radius 3 is 2.46 bits per heavy atom. The molecule has 148 valence electrons. The quantitative estimate of drug-likeness (QED) is 0.677. The molecule has 26 heavy (non-hydrogen) atoms. The van der Waals surface area contributed by atoms with Crippen LogP contribution in [0.5, 0.6) is 0 Å². The second-order valence-corrected chi connectivity index (χ2v) is 7.17. The average Bonchev–Trinajstić information content (AvgIpc) is 3.09. The Kier molecular flexibility index (Phi) is 12.7. The number of ether oxygens (including phenoxy) is 1. The van der Waals surface area contributed by atoms with E-state index in [9.17, 15) is 9.00 Å². The van der Waals surface area contributed by atoms with Gasteiger partial charge in [-0.05, 0) is 36.5 Å². The van der Waals surface area contributed by atoms with E-state index in [0.29, 0.717) is 22.5 Å². The molecular formula is C18H31N3O4S. The Hall–Kier alpha value is -1.64. The number of carbonyl (C=O) groups excluding carboxylic acids is 1. The van der Waals surface area contributed by atoms with Crippen molar-refractivity contribution in [1.29, 1.82) is 0 Å². The number of nitrogens with zero attached hydrogens (tertiary/aromatic N) is 3. The zero-order chi connectivity index (χ0) is 20.1.